The SMILES string of the molecule is CCOC(=O)c1ccnc(Nc2cc(F)ccc2Cl)c1N. The van der Waals surface area contributed by atoms with E-state index in [1.807, 2.05) is 0 Å². The number of ether oxygens (including phenoxy) is 1. The maximum atomic E-state index is 13.2. The van der Waals surface area contributed by atoms with Gasteiger partial charge in [0.1, 0.15) is 5.82 Å². The lowest BCUT2D eigenvalue weighted by atomic mass is 10.2. The third-order valence-corrected chi connectivity index (χ3v) is 3.00. The minimum atomic E-state index is -0.550. The molecule has 0 saturated carbocycles. The third-order valence-electron chi connectivity index (χ3n) is 2.67. The fraction of sp³-hybridized carbons (Fsp3) is 0.143. The maximum absolute atomic E-state index is 13.2. The third kappa shape index (κ3) is 3.41. The second-order valence-corrected chi connectivity index (χ2v) is 4.50. The highest BCUT2D eigenvalue weighted by molar-refractivity contribution is 6.33. The molecular formula is C14H13ClFN3O2. The molecule has 0 radical (unpaired) electrons. The van der Waals surface area contributed by atoms with Gasteiger partial charge in [-0.3, -0.25) is 0 Å². The van der Waals surface area contributed by atoms with E-state index >= 15 is 0 Å². The first kappa shape index (κ1) is 15.1. The predicted octanol–water partition coefficient (Wildman–Crippen LogP) is 3.38. The molecule has 0 aliphatic carbocycles. The molecule has 1 heterocycles. The predicted molar refractivity (Wildman–Crippen MR) is 79.3 cm³/mol. The van der Waals surface area contributed by atoms with Crippen LogP contribution in [-0.2, 0) is 4.74 Å². The quantitative estimate of drug-likeness (QED) is 0.847. The lowest BCUT2D eigenvalue weighted by Gasteiger charge is -2.12. The van der Waals surface area contributed by atoms with Crippen LogP contribution in [0.3, 0.4) is 0 Å². The fourth-order valence-electron chi connectivity index (χ4n) is 1.68. The molecule has 0 amide bonds. The van der Waals surface area contributed by atoms with Crippen LogP contribution in [0.2, 0.25) is 5.02 Å². The standard InChI is InChI=1S/C14H13ClFN3O2/c1-2-21-14(20)9-5-6-18-13(12(9)17)19-11-7-8(16)3-4-10(11)15/h3-7H,2,17H2,1H3,(H,18,19). The highest BCUT2D eigenvalue weighted by Gasteiger charge is 2.15. The monoisotopic (exact) mass is 309 g/mol. The Morgan fingerprint density at radius 2 is 2.24 bits per heavy atom. The first-order chi connectivity index (χ1) is 10.0. The van der Waals surface area contributed by atoms with Crippen LogP contribution in [-0.4, -0.2) is 17.6 Å². The molecule has 0 unspecified atom stereocenters. The van der Waals surface area contributed by atoms with Gasteiger partial charge in [0.05, 0.1) is 28.6 Å². The highest BCUT2D eigenvalue weighted by atomic mass is 35.5. The van der Waals surface area contributed by atoms with Gasteiger partial charge in [0.2, 0.25) is 0 Å². The zero-order chi connectivity index (χ0) is 15.4. The summed E-state index contributed by atoms with van der Waals surface area (Å²) in [5.41, 5.74) is 6.48. The Labute approximate surface area is 125 Å². The van der Waals surface area contributed by atoms with Crippen molar-refractivity contribution in [1.82, 2.24) is 4.98 Å². The molecule has 21 heavy (non-hydrogen) atoms. The summed E-state index contributed by atoms with van der Waals surface area (Å²) in [6, 6.07) is 5.30. The molecule has 3 N–H and O–H groups in total. The van der Waals surface area contributed by atoms with E-state index in [-0.39, 0.29) is 23.7 Å². The van der Waals surface area contributed by atoms with Crippen molar-refractivity contribution < 1.29 is 13.9 Å². The Balaban J connectivity index is 2.35. The average Bonchev–Trinajstić information content (AvgIpc) is 2.45. The van der Waals surface area contributed by atoms with Gasteiger partial charge in [-0.15, -0.1) is 0 Å². The zero-order valence-electron chi connectivity index (χ0n) is 11.2. The number of pyridine rings is 1. The molecule has 0 bridgehead atoms. The van der Waals surface area contributed by atoms with Crippen LogP contribution in [0, 0.1) is 5.82 Å². The van der Waals surface area contributed by atoms with Crippen molar-refractivity contribution in [2.75, 3.05) is 17.7 Å². The largest absolute Gasteiger partial charge is 0.462 e. The first-order valence-electron chi connectivity index (χ1n) is 6.16. The Hall–Kier alpha value is -2.34. The molecule has 110 valence electrons. The molecule has 7 heteroatoms. The number of carbonyl (C=O) groups excluding carboxylic acids is 1. The number of nitrogens with zero attached hydrogens (tertiary/aromatic N) is 1. The minimum Gasteiger partial charge on any atom is -0.462 e. The van der Waals surface area contributed by atoms with Crippen LogP contribution in [0.5, 0.6) is 0 Å². The van der Waals surface area contributed by atoms with Crippen LogP contribution in [0.4, 0.5) is 21.6 Å². The number of nitrogens with one attached hydrogen (secondary N) is 1. The van der Waals surface area contributed by atoms with Crippen molar-refractivity contribution in [3.63, 3.8) is 0 Å². The van der Waals surface area contributed by atoms with Crippen molar-refractivity contribution in [1.29, 1.82) is 0 Å². The Kier molecular flexibility index (Phi) is 4.59. The van der Waals surface area contributed by atoms with Crippen LogP contribution < -0.4 is 11.1 Å². The van der Waals surface area contributed by atoms with Gasteiger partial charge in [-0.2, -0.15) is 0 Å². The van der Waals surface area contributed by atoms with Gasteiger partial charge in [-0.05, 0) is 31.2 Å². The first-order valence-corrected chi connectivity index (χ1v) is 6.54. The number of nitrogens with two attached hydrogens (primary N) is 1. The van der Waals surface area contributed by atoms with Crippen LogP contribution >= 0.6 is 11.6 Å². The summed E-state index contributed by atoms with van der Waals surface area (Å²) < 4.78 is 18.1. The van der Waals surface area contributed by atoms with Gasteiger partial charge in [0.25, 0.3) is 0 Å². The van der Waals surface area contributed by atoms with Crippen molar-refractivity contribution in [2.24, 2.45) is 0 Å². The number of rotatable bonds is 4. The number of aromatic nitrogens is 1. The van der Waals surface area contributed by atoms with Crippen molar-refractivity contribution in [3.05, 3.63) is 46.9 Å². The summed E-state index contributed by atoms with van der Waals surface area (Å²) in [4.78, 5) is 15.8. The molecule has 5 nitrogen and oxygen atoms in total. The Bertz CT molecular complexity index is 679. The topological polar surface area (TPSA) is 77.2 Å². The van der Waals surface area contributed by atoms with Crippen LogP contribution in [0.25, 0.3) is 0 Å². The second kappa shape index (κ2) is 6.41. The molecule has 2 rings (SSSR count). The van der Waals surface area contributed by atoms with E-state index < -0.39 is 11.8 Å². The number of hydrogen-bond acceptors (Lipinski definition) is 5. The van der Waals surface area contributed by atoms with E-state index in [1.54, 1.807) is 6.92 Å². The lowest BCUT2D eigenvalue weighted by Crippen LogP contribution is -2.10. The number of carbonyl (C=O) groups is 1. The molecule has 0 saturated heterocycles. The molecule has 0 fully saturated rings. The van der Waals surface area contributed by atoms with Gasteiger partial charge in [-0.1, -0.05) is 11.6 Å². The van der Waals surface area contributed by atoms with E-state index in [4.69, 9.17) is 22.1 Å². The van der Waals surface area contributed by atoms with Gasteiger partial charge < -0.3 is 15.8 Å². The van der Waals surface area contributed by atoms with E-state index in [1.165, 1.54) is 30.5 Å². The lowest BCUT2D eigenvalue weighted by molar-refractivity contribution is 0.0527. The van der Waals surface area contributed by atoms with Gasteiger partial charge in [0.15, 0.2) is 5.82 Å². The van der Waals surface area contributed by atoms with Crippen LogP contribution in [0.1, 0.15) is 17.3 Å². The molecular weight excluding hydrogens is 297 g/mol. The molecule has 1 aromatic heterocycles. The average molecular weight is 310 g/mol. The number of halogens is 2. The number of benzene rings is 1. The fourth-order valence-corrected chi connectivity index (χ4v) is 1.85. The minimum absolute atomic E-state index is 0.108. The van der Waals surface area contributed by atoms with Crippen LogP contribution in [0.15, 0.2) is 30.5 Å². The molecule has 0 spiro atoms. The van der Waals surface area contributed by atoms with Gasteiger partial charge in [-0.25, -0.2) is 14.2 Å². The van der Waals surface area contributed by atoms with Gasteiger partial charge >= 0.3 is 5.97 Å². The zero-order valence-corrected chi connectivity index (χ0v) is 11.9. The van der Waals surface area contributed by atoms with E-state index in [0.717, 1.165) is 0 Å². The molecule has 0 atom stereocenters. The molecule has 1 aromatic carbocycles. The van der Waals surface area contributed by atoms with Crippen molar-refractivity contribution in [3.8, 4) is 0 Å². The molecule has 0 aliphatic heterocycles. The van der Waals surface area contributed by atoms with Crippen molar-refractivity contribution >= 4 is 34.8 Å². The Morgan fingerprint density at radius 3 is 2.95 bits per heavy atom. The smallest absolute Gasteiger partial charge is 0.340 e. The second-order valence-electron chi connectivity index (χ2n) is 4.09. The van der Waals surface area contributed by atoms with E-state index in [2.05, 4.69) is 10.3 Å². The normalized spacial score (nSPS) is 10.2. The molecule has 0 aliphatic rings. The van der Waals surface area contributed by atoms with Gasteiger partial charge in [0, 0.05) is 6.20 Å². The summed E-state index contributed by atoms with van der Waals surface area (Å²) in [5, 5.41) is 3.11. The van der Waals surface area contributed by atoms with E-state index in [9.17, 15) is 9.18 Å². The number of esters is 1. The molecule has 2 aromatic rings. The highest BCUT2D eigenvalue weighted by Crippen LogP contribution is 2.29. The summed E-state index contributed by atoms with van der Waals surface area (Å²) in [5.74, 6) is -0.805. The summed E-state index contributed by atoms with van der Waals surface area (Å²) in [6.45, 7) is 1.93. The van der Waals surface area contributed by atoms with E-state index in [0.29, 0.717) is 10.7 Å². The van der Waals surface area contributed by atoms with Crippen molar-refractivity contribution in [2.45, 2.75) is 6.92 Å². The summed E-state index contributed by atoms with van der Waals surface area (Å²) in [6.07, 6.45) is 1.40. The number of anilines is 3. The summed E-state index contributed by atoms with van der Waals surface area (Å²) >= 11 is 5.96. The Morgan fingerprint density at radius 1 is 1.48 bits per heavy atom. The number of hydrogen-bond donors (Lipinski definition) is 2. The maximum Gasteiger partial charge on any atom is 0.340 e. The summed E-state index contributed by atoms with van der Waals surface area (Å²) in [7, 11) is 0. The number of nitrogen functional groups attached to an aromatic ring is 1.